The highest BCUT2D eigenvalue weighted by Crippen LogP contribution is 2.46. The largest absolute Gasteiger partial charge is 0.368 e. The Morgan fingerprint density at radius 1 is 0.842 bits per heavy atom. The van der Waals surface area contributed by atoms with Crippen LogP contribution in [0.3, 0.4) is 0 Å². The van der Waals surface area contributed by atoms with Crippen molar-refractivity contribution in [2.45, 2.75) is 26.2 Å². The molecular formula is C33H34ClN3O. The van der Waals surface area contributed by atoms with Gasteiger partial charge >= 0.3 is 0 Å². The number of rotatable bonds is 6. The minimum Gasteiger partial charge on any atom is -0.368 e. The number of piperazine rings is 1. The van der Waals surface area contributed by atoms with E-state index in [4.69, 9.17) is 5.73 Å². The lowest BCUT2D eigenvalue weighted by atomic mass is 9.83. The molecule has 0 aromatic heterocycles. The Morgan fingerprint density at radius 2 is 1.47 bits per heavy atom. The van der Waals surface area contributed by atoms with Crippen molar-refractivity contribution in [3.63, 3.8) is 0 Å². The lowest BCUT2D eigenvalue weighted by molar-refractivity contribution is 0.1000. The number of hydrogen-bond donors (Lipinski definition) is 2. The molecule has 0 atom stereocenters. The number of unbranched alkanes of at least 4 members (excludes halogenated alkanes) is 1. The van der Waals surface area contributed by atoms with Crippen LogP contribution in [0.15, 0.2) is 78.9 Å². The van der Waals surface area contributed by atoms with Crippen LogP contribution in [-0.2, 0) is 6.42 Å². The number of fused-ring (bicyclic) bond motifs is 3. The summed E-state index contributed by atoms with van der Waals surface area (Å²) in [5, 5.41) is 10.6. The molecule has 3 N–H and O–H groups in total. The van der Waals surface area contributed by atoms with Crippen LogP contribution in [0.1, 0.15) is 35.7 Å². The van der Waals surface area contributed by atoms with E-state index >= 15 is 0 Å². The Kier molecular flexibility index (Phi) is 7.55. The number of benzene rings is 5. The Hall–Kier alpha value is -3.60. The molecular weight excluding hydrogens is 490 g/mol. The molecule has 4 nitrogen and oxygen atoms in total. The number of nitrogens with one attached hydrogen (secondary N) is 1. The topological polar surface area (TPSA) is 58.4 Å². The summed E-state index contributed by atoms with van der Waals surface area (Å²) in [6.07, 6.45) is 2.90. The highest BCUT2D eigenvalue weighted by Gasteiger charge is 2.28. The van der Waals surface area contributed by atoms with Crippen LogP contribution in [0.2, 0.25) is 0 Å². The first-order valence-electron chi connectivity index (χ1n) is 13.4. The molecule has 1 aliphatic rings. The summed E-state index contributed by atoms with van der Waals surface area (Å²) in [5.41, 5.74) is 11.3. The van der Waals surface area contributed by atoms with Crippen LogP contribution >= 0.6 is 12.4 Å². The highest BCUT2D eigenvalue weighted by molar-refractivity contribution is 6.19. The number of amides is 1. The number of hydrogen-bond acceptors (Lipinski definition) is 3. The van der Waals surface area contributed by atoms with Gasteiger partial charge in [-0.2, -0.15) is 0 Å². The molecule has 5 heteroatoms. The molecule has 0 spiro atoms. The summed E-state index contributed by atoms with van der Waals surface area (Å²) < 4.78 is 0. The van der Waals surface area contributed by atoms with Crippen LogP contribution < -0.4 is 16.0 Å². The molecule has 0 aliphatic carbocycles. The fourth-order valence-corrected chi connectivity index (χ4v) is 6.03. The molecule has 1 amide bonds. The zero-order valence-electron chi connectivity index (χ0n) is 21.8. The molecule has 0 bridgehead atoms. The number of nitrogens with zero attached hydrogens (tertiary/aromatic N) is 1. The summed E-state index contributed by atoms with van der Waals surface area (Å²) in [7, 11) is 0. The second kappa shape index (κ2) is 11.0. The summed E-state index contributed by atoms with van der Waals surface area (Å²) in [5.74, 6) is -0.337. The van der Waals surface area contributed by atoms with E-state index in [0.29, 0.717) is 5.56 Å². The molecule has 0 radical (unpaired) electrons. The van der Waals surface area contributed by atoms with E-state index < -0.39 is 0 Å². The van der Waals surface area contributed by atoms with E-state index in [0.717, 1.165) is 73.2 Å². The van der Waals surface area contributed by atoms with Crippen LogP contribution in [-0.4, -0.2) is 32.1 Å². The summed E-state index contributed by atoms with van der Waals surface area (Å²) in [4.78, 5) is 15.8. The fraction of sp³-hybridized carbons (Fsp3) is 0.242. The van der Waals surface area contributed by atoms with E-state index in [2.05, 4.69) is 96.0 Å². The molecule has 0 saturated carbocycles. The van der Waals surface area contributed by atoms with Crippen LogP contribution in [0.25, 0.3) is 43.4 Å². The third kappa shape index (κ3) is 4.48. The Morgan fingerprint density at radius 3 is 2.16 bits per heavy atom. The lowest BCUT2D eigenvalue weighted by Crippen LogP contribution is -2.44. The van der Waals surface area contributed by atoms with Crippen LogP contribution in [0, 0.1) is 0 Å². The molecule has 1 heterocycles. The van der Waals surface area contributed by atoms with Gasteiger partial charge < -0.3 is 16.0 Å². The van der Waals surface area contributed by atoms with Gasteiger partial charge in [-0.15, -0.1) is 12.4 Å². The number of primary amides is 1. The molecule has 5 aromatic rings. The fourth-order valence-electron chi connectivity index (χ4n) is 6.03. The average molecular weight is 524 g/mol. The van der Waals surface area contributed by atoms with Gasteiger partial charge in [-0.3, -0.25) is 4.79 Å². The Balaban J connectivity index is 0.00000294. The number of aryl methyl sites for hydroxylation is 1. The zero-order chi connectivity index (χ0) is 25.4. The van der Waals surface area contributed by atoms with Gasteiger partial charge in [0.2, 0.25) is 0 Å². The molecule has 0 unspecified atom stereocenters. The third-order valence-corrected chi connectivity index (χ3v) is 7.77. The van der Waals surface area contributed by atoms with Crippen molar-refractivity contribution in [2.24, 2.45) is 5.73 Å². The van der Waals surface area contributed by atoms with E-state index in [1.54, 1.807) is 0 Å². The number of anilines is 1. The minimum absolute atomic E-state index is 0. The monoisotopic (exact) mass is 523 g/mol. The summed E-state index contributed by atoms with van der Waals surface area (Å²) in [6.45, 7) is 5.64. The molecule has 6 rings (SSSR count). The van der Waals surface area contributed by atoms with Crippen molar-refractivity contribution in [1.29, 1.82) is 0 Å². The van der Waals surface area contributed by atoms with E-state index in [-0.39, 0.29) is 18.3 Å². The maximum Gasteiger partial charge on any atom is 0.251 e. The van der Waals surface area contributed by atoms with Gasteiger partial charge in [-0.25, -0.2) is 0 Å². The molecule has 1 fully saturated rings. The van der Waals surface area contributed by atoms with E-state index in [1.807, 2.05) is 0 Å². The van der Waals surface area contributed by atoms with Gasteiger partial charge in [-0.05, 0) is 68.4 Å². The van der Waals surface area contributed by atoms with Gasteiger partial charge in [0.1, 0.15) is 0 Å². The molecule has 5 aromatic carbocycles. The minimum atomic E-state index is -0.337. The highest BCUT2D eigenvalue weighted by atomic mass is 35.5. The third-order valence-electron chi connectivity index (χ3n) is 7.77. The quantitative estimate of drug-likeness (QED) is 0.234. The van der Waals surface area contributed by atoms with Crippen molar-refractivity contribution >= 4 is 56.3 Å². The number of halogens is 1. The van der Waals surface area contributed by atoms with Crippen molar-refractivity contribution in [2.75, 3.05) is 31.1 Å². The number of carbonyl (C=O) groups is 1. The number of nitrogens with two attached hydrogens (primary N) is 1. The average Bonchev–Trinajstić information content (AvgIpc) is 2.94. The summed E-state index contributed by atoms with van der Waals surface area (Å²) in [6, 6.07) is 28.1. The van der Waals surface area contributed by atoms with Gasteiger partial charge in [0.15, 0.2) is 0 Å². The van der Waals surface area contributed by atoms with Crippen molar-refractivity contribution < 1.29 is 4.79 Å². The summed E-state index contributed by atoms with van der Waals surface area (Å²) >= 11 is 0. The zero-order valence-corrected chi connectivity index (χ0v) is 22.6. The number of carbonyl (C=O) groups excluding carboxylic acids is 1. The van der Waals surface area contributed by atoms with E-state index in [1.165, 1.54) is 26.9 Å². The molecule has 1 aliphatic heterocycles. The maximum absolute atomic E-state index is 13.4. The predicted molar refractivity (Wildman–Crippen MR) is 164 cm³/mol. The van der Waals surface area contributed by atoms with Crippen LogP contribution in [0.5, 0.6) is 0 Å². The van der Waals surface area contributed by atoms with Gasteiger partial charge in [-0.1, -0.05) is 80.1 Å². The second-order valence-electron chi connectivity index (χ2n) is 10.1. The Labute approximate surface area is 230 Å². The van der Waals surface area contributed by atoms with E-state index in [9.17, 15) is 4.79 Å². The standard InChI is InChI=1S/C33H33N3O.ClH/c1-2-3-13-27-28-20-23-10-4-5-11-24(23)21-29(28)30(26-15-8-12-22-9-6-7-14-25(22)26)32(31(27)33(34)37)36-18-16-35-17-19-36;/h4-12,14-15,20-21,35H,2-3,13,16-19H2,1H3,(H2,34,37);1H. The SMILES string of the molecule is CCCCc1c(C(N)=O)c(N2CCNCC2)c(-c2cccc3ccccc23)c2cc3ccccc3cc12.Cl. The first kappa shape index (κ1) is 26.0. The molecule has 38 heavy (non-hydrogen) atoms. The maximum atomic E-state index is 13.4. The van der Waals surface area contributed by atoms with Crippen molar-refractivity contribution in [3.05, 3.63) is 90.0 Å². The molecule has 194 valence electrons. The second-order valence-corrected chi connectivity index (χ2v) is 10.1. The van der Waals surface area contributed by atoms with Crippen molar-refractivity contribution in [1.82, 2.24) is 5.32 Å². The van der Waals surface area contributed by atoms with Gasteiger partial charge in [0, 0.05) is 31.7 Å². The van der Waals surface area contributed by atoms with Gasteiger partial charge in [0.05, 0.1) is 11.3 Å². The lowest BCUT2D eigenvalue weighted by Gasteiger charge is -2.34. The normalized spacial score (nSPS) is 13.7. The molecule has 1 saturated heterocycles. The van der Waals surface area contributed by atoms with Crippen molar-refractivity contribution in [3.8, 4) is 11.1 Å². The first-order valence-corrected chi connectivity index (χ1v) is 13.4. The Bertz CT molecular complexity index is 1630. The first-order chi connectivity index (χ1) is 18.2. The predicted octanol–water partition coefficient (Wildman–Crippen LogP) is 7.09. The van der Waals surface area contributed by atoms with Gasteiger partial charge in [0.25, 0.3) is 5.91 Å². The smallest absolute Gasteiger partial charge is 0.251 e. The van der Waals surface area contributed by atoms with Crippen LogP contribution in [0.4, 0.5) is 5.69 Å².